The van der Waals surface area contributed by atoms with Crippen LogP contribution in [0.25, 0.3) is 0 Å². The normalized spacial score (nSPS) is 24.6. The van der Waals surface area contributed by atoms with Crippen LogP contribution in [-0.2, 0) is 13.6 Å². The summed E-state index contributed by atoms with van der Waals surface area (Å²) < 4.78 is 11.7. The average molecular weight is 289 g/mol. The van der Waals surface area contributed by atoms with Crippen molar-refractivity contribution in [2.75, 3.05) is 6.61 Å². The van der Waals surface area contributed by atoms with Gasteiger partial charge in [-0.15, -0.1) is 0 Å². The fraction of sp³-hybridized carbons (Fsp3) is 0.923. The van der Waals surface area contributed by atoms with E-state index in [9.17, 15) is 4.79 Å². The topological polar surface area (TPSA) is 35.5 Å². The Bertz CT molecular complexity index is 287. The van der Waals surface area contributed by atoms with Gasteiger partial charge in [-0.1, -0.05) is 20.3 Å². The Balaban J connectivity index is 2.57. The minimum atomic E-state index is -1.66. The highest BCUT2D eigenvalue weighted by Crippen LogP contribution is 2.36. The highest BCUT2D eigenvalue weighted by Gasteiger charge is 2.45. The Morgan fingerprint density at radius 2 is 1.78 bits per heavy atom. The van der Waals surface area contributed by atoms with Crippen LogP contribution in [0.4, 0.5) is 0 Å². The van der Waals surface area contributed by atoms with Gasteiger partial charge < -0.3 is 8.85 Å². The molecule has 1 rings (SSSR count). The molecule has 1 unspecified atom stereocenters. The summed E-state index contributed by atoms with van der Waals surface area (Å²) in [5.74, 6) is 0.565. The molecule has 0 aromatic rings. The van der Waals surface area contributed by atoms with Crippen molar-refractivity contribution in [3.05, 3.63) is 0 Å². The van der Waals surface area contributed by atoms with E-state index in [1.54, 1.807) is 0 Å². The first-order valence-electron chi connectivity index (χ1n) is 7.02. The van der Waals surface area contributed by atoms with Crippen molar-refractivity contribution >= 4 is 22.6 Å². The van der Waals surface area contributed by atoms with Crippen molar-refractivity contribution in [3.63, 3.8) is 0 Å². The molecule has 0 aromatic carbocycles. The molecule has 3 nitrogen and oxygen atoms in total. The molecule has 1 aliphatic rings. The van der Waals surface area contributed by atoms with Crippen LogP contribution >= 0.6 is 0 Å². The maximum Gasteiger partial charge on any atom is 0.308 e. The molecule has 0 amide bonds. The zero-order chi connectivity index (χ0) is 14.0. The van der Waals surface area contributed by atoms with Crippen LogP contribution in [0.3, 0.4) is 0 Å². The van der Waals surface area contributed by atoms with Gasteiger partial charge in [0.2, 0.25) is 0 Å². The predicted molar refractivity (Wildman–Crippen MR) is 79.6 cm³/mol. The maximum atomic E-state index is 12.2. The van der Waals surface area contributed by atoms with E-state index in [4.69, 9.17) is 8.85 Å². The third-order valence-electron chi connectivity index (χ3n) is 3.57. The highest BCUT2D eigenvalue weighted by atomic mass is 28.4. The first-order chi connectivity index (χ1) is 8.15. The molecule has 0 spiro atoms. The lowest BCUT2D eigenvalue weighted by molar-refractivity contribution is -0.148. The molecule has 106 valence electrons. The Morgan fingerprint density at radius 3 is 2.22 bits per heavy atom. The summed E-state index contributed by atoms with van der Waals surface area (Å²) in [6, 6.07) is 1.84. The van der Waals surface area contributed by atoms with Crippen molar-refractivity contribution in [3.8, 4) is 0 Å². The van der Waals surface area contributed by atoms with Crippen LogP contribution in [0.15, 0.2) is 0 Å². The number of hydrogen-bond acceptors (Lipinski definition) is 3. The SMILES string of the molecule is CCC(C)COC(=O)C1C[Si](C)(C)O[Si](C)(C)C1. The van der Waals surface area contributed by atoms with E-state index in [1.165, 1.54) is 0 Å². The molecule has 1 fully saturated rings. The Labute approximate surface area is 114 Å². The van der Waals surface area contributed by atoms with E-state index in [-0.39, 0.29) is 11.9 Å². The minimum absolute atomic E-state index is 0.0137. The first kappa shape index (κ1) is 15.9. The van der Waals surface area contributed by atoms with Gasteiger partial charge in [0.15, 0.2) is 16.6 Å². The van der Waals surface area contributed by atoms with Crippen LogP contribution in [0.5, 0.6) is 0 Å². The van der Waals surface area contributed by atoms with E-state index in [0.717, 1.165) is 18.5 Å². The third kappa shape index (κ3) is 4.86. The van der Waals surface area contributed by atoms with Crippen LogP contribution in [-0.4, -0.2) is 29.2 Å². The summed E-state index contributed by atoms with van der Waals surface area (Å²) in [5, 5.41) is 0. The fourth-order valence-corrected chi connectivity index (χ4v) is 12.7. The molecule has 5 heteroatoms. The summed E-state index contributed by atoms with van der Waals surface area (Å²) in [6.07, 6.45) is 1.06. The van der Waals surface area contributed by atoms with Gasteiger partial charge in [-0.2, -0.15) is 0 Å². The van der Waals surface area contributed by atoms with E-state index < -0.39 is 16.6 Å². The number of rotatable bonds is 4. The van der Waals surface area contributed by atoms with Gasteiger partial charge >= 0.3 is 5.97 Å². The second-order valence-corrected chi connectivity index (χ2v) is 15.5. The quantitative estimate of drug-likeness (QED) is 0.585. The van der Waals surface area contributed by atoms with E-state index in [1.807, 2.05) is 0 Å². The molecule has 0 radical (unpaired) electrons. The number of carbonyl (C=O) groups excluding carboxylic acids is 1. The largest absolute Gasteiger partial charge is 0.465 e. The van der Waals surface area contributed by atoms with Crippen LogP contribution in [0.2, 0.25) is 38.3 Å². The summed E-state index contributed by atoms with van der Waals surface area (Å²) >= 11 is 0. The standard InChI is InChI=1S/C13H28O3Si2/c1-7-11(2)8-15-13(14)12-9-17(3,4)16-18(5,6)10-12/h11-12H,7-10H2,1-6H3. The molecule has 1 saturated heterocycles. The number of carbonyl (C=O) groups is 1. The third-order valence-corrected chi connectivity index (χ3v) is 10.9. The van der Waals surface area contributed by atoms with E-state index >= 15 is 0 Å². The van der Waals surface area contributed by atoms with Gasteiger partial charge in [-0.05, 0) is 44.2 Å². The first-order valence-corrected chi connectivity index (χ1v) is 13.2. The van der Waals surface area contributed by atoms with Gasteiger partial charge in [-0.25, -0.2) is 0 Å². The summed E-state index contributed by atoms with van der Waals surface area (Å²) in [7, 11) is -3.31. The highest BCUT2D eigenvalue weighted by molar-refractivity contribution is 6.86. The van der Waals surface area contributed by atoms with E-state index in [2.05, 4.69) is 40.0 Å². The van der Waals surface area contributed by atoms with Gasteiger partial charge in [0, 0.05) is 0 Å². The lowest BCUT2D eigenvalue weighted by Gasteiger charge is -2.42. The Kier molecular flexibility index (Phi) is 5.20. The second kappa shape index (κ2) is 5.88. The molecule has 18 heavy (non-hydrogen) atoms. The molecule has 0 N–H and O–H groups in total. The second-order valence-electron chi connectivity index (χ2n) is 6.87. The summed E-state index contributed by atoms with van der Waals surface area (Å²) in [5.41, 5.74) is 0. The lowest BCUT2D eigenvalue weighted by Crippen LogP contribution is -2.52. The van der Waals surface area contributed by atoms with Crippen molar-refractivity contribution in [2.45, 2.75) is 58.5 Å². The van der Waals surface area contributed by atoms with Crippen molar-refractivity contribution in [1.82, 2.24) is 0 Å². The van der Waals surface area contributed by atoms with Gasteiger partial charge in [0.1, 0.15) is 0 Å². The lowest BCUT2D eigenvalue weighted by atomic mass is 10.1. The molecule has 0 bridgehead atoms. The predicted octanol–water partition coefficient (Wildman–Crippen LogP) is 3.63. The maximum absolute atomic E-state index is 12.2. The van der Waals surface area contributed by atoms with Gasteiger partial charge in [0.25, 0.3) is 0 Å². The van der Waals surface area contributed by atoms with Crippen molar-refractivity contribution in [2.24, 2.45) is 11.8 Å². The molecular formula is C13H28O3Si2. The number of hydrogen-bond donors (Lipinski definition) is 0. The molecule has 0 saturated carbocycles. The average Bonchev–Trinajstić information content (AvgIpc) is 2.20. The molecular weight excluding hydrogens is 260 g/mol. The van der Waals surface area contributed by atoms with Crippen LogP contribution in [0, 0.1) is 11.8 Å². The molecule has 1 heterocycles. The zero-order valence-corrected chi connectivity index (χ0v) is 14.7. The molecule has 1 atom stereocenters. The molecule has 0 aromatic heterocycles. The van der Waals surface area contributed by atoms with Gasteiger partial charge in [0.05, 0.1) is 12.5 Å². The zero-order valence-electron chi connectivity index (χ0n) is 12.7. The van der Waals surface area contributed by atoms with Crippen molar-refractivity contribution < 1.29 is 13.6 Å². The summed E-state index contributed by atoms with van der Waals surface area (Å²) in [4.78, 5) is 12.2. The number of esters is 1. The Hall–Kier alpha value is -0.136. The minimum Gasteiger partial charge on any atom is -0.465 e. The van der Waals surface area contributed by atoms with Crippen LogP contribution in [0.1, 0.15) is 20.3 Å². The van der Waals surface area contributed by atoms with Crippen LogP contribution < -0.4 is 0 Å². The monoisotopic (exact) mass is 288 g/mol. The molecule has 0 aliphatic carbocycles. The Morgan fingerprint density at radius 1 is 1.28 bits per heavy atom. The fourth-order valence-electron chi connectivity index (χ4n) is 2.72. The number of ether oxygens (including phenoxy) is 1. The smallest absolute Gasteiger partial charge is 0.308 e. The molecule has 1 aliphatic heterocycles. The van der Waals surface area contributed by atoms with Crippen molar-refractivity contribution in [1.29, 1.82) is 0 Å². The van der Waals surface area contributed by atoms with E-state index in [0.29, 0.717) is 12.5 Å². The van der Waals surface area contributed by atoms with Gasteiger partial charge in [-0.3, -0.25) is 4.79 Å². The summed E-state index contributed by atoms with van der Waals surface area (Å²) in [6.45, 7) is 13.7.